The van der Waals surface area contributed by atoms with Crippen molar-refractivity contribution in [2.75, 3.05) is 45.8 Å². The van der Waals surface area contributed by atoms with Crippen LogP contribution in [-0.2, 0) is 4.79 Å². The van der Waals surface area contributed by atoms with Crippen LogP contribution in [0.5, 0.6) is 0 Å². The van der Waals surface area contributed by atoms with Crippen LogP contribution in [0.15, 0.2) is 22.7 Å². The molecular weight excluding hydrogens is 456 g/mol. The summed E-state index contributed by atoms with van der Waals surface area (Å²) >= 11 is 0. The van der Waals surface area contributed by atoms with E-state index in [1.165, 1.54) is 6.42 Å². The Morgan fingerprint density at radius 1 is 0.972 bits per heavy atom. The molecule has 0 unspecified atom stereocenters. The van der Waals surface area contributed by atoms with Crippen molar-refractivity contribution in [1.29, 1.82) is 0 Å². The summed E-state index contributed by atoms with van der Waals surface area (Å²) in [4.78, 5) is 37.4. The van der Waals surface area contributed by atoms with Crippen molar-refractivity contribution in [2.45, 2.75) is 53.0 Å². The molecule has 2 saturated heterocycles. The molecule has 0 spiro atoms. The summed E-state index contributed by atoms with van der Waals surface area (Å²) in [5.41, 5.74) is 2.92. The number of furan rings is 1. The van der Waals surface area contributed by atoms with Gasteiger partial charge in [-0.15, -0.1) is 0 Å². The molecule has 36 heavy (non-hydrogen) atoms. The molecule has 192 valence electrons. The number of rotatable bonds is 5. The van der Waals surface area contributed by atoms with Gasteiger partial charge in [0.15, 0.2) is 5.65 Å². The van der Waals surface area contributed by atoms with E-state index < -0.39 is 0 Å². The van der Waals surface area contributed by atoms with Crippen molar-refractivity contribution >= 4 is 22.8 Å². The van der Waals surface area contributed by atoms with Crippen LogP contribution < -0.4 is 0 Å². The fraction of sp³-hybridized carbons (Fsp3) is 0.556. The lowest BCUT2D eigenvalue weighted by Gasteiger charge is -2.36. The molecule has 5 heterocycles. The van der Waals surface area contributed by atoms with Crippen LogP contribution in [0.25, 0.3) is 22.3 Å². The number of aromatic nitrogens is 3. The fourth-order valence-electron chi connectivity index (χ4n) is 5.31. The SMILES string of the molecule is Cc1cc(-c2cc(C(=O)N3CCN(CC(=O)N4CCCCC4)CC3)c3cnn(C(C)C)c3n2)c(C)o1. The predicted molar refractivity (Wildman–Crippen MR) is 138 cm³/mol. The number of hydrogen-bond donors (Lipinski definition) is 0. The average molecular weight is 493 g/mol. The van der Waals surface area contributed by atoms with Crippen molar-refractivity contribution < 1.29 is 14.0 Å². The van der Waals surface area contributed by atoms with Crippen molar-refractivity contribution in [3.05, 3.63) is 35.4 Å². The van der Waals surface area contributed by atoms with E-state index in [-0.39, 0.29) is 17.9 Å². The Morgan fingerprint density at radius 3 is 2.33 bits per heavy atom. The van der Waals surface area contributed by atoms with E-state index in [0.717, 1.165) is 48.4 Å². The van der Waals surface area contributed by atoms with E-state index in [0.29, 0.717) is 49.6 Å². The highest BCUT2D eigenvalue weighted by molar-refractivity contribution is 6.06. The van der Waals surface area contributed by atoms with Gasteiger partial charge in [-0.05, 0) is 59.1 Å². The molecule has 2 aliphatic rings. The molecule has 0 saturated carbocycles. The zero-order chi connectivity index (χ0) is 25.4. The van der Waals surface area contributed by atoms with Gasteiger partial charge in [0.2, 0.25) is 5.91 Å². The van der Waals surface area contributed by atoms with Crippen molar-refractivity contribution in [3.8, 4) is 11.3 Å². The molecule has 3 aromatic rings. The zero-order valence-corrected chi connectivity index (χ0v) is 21.8. The third-order valence-electron chi connectivity index (χ3n) is 7.33. The van der Waals surface area contributed by atoms with Crippen LogP contribution in [0.4, 0.5) is 0 Å². The second-order valence-corrected chi connectivity index (χ2v) is 10.3. The highest BCUT2D eigenvalue weighted by Gasteiger charge is 2.28. The summed E-state index contributed by atoms with van der Waals surface area (Å²) in [6.45, 7) is 12.7. The Kier molecular flexibility index (Phi) is 6.83. The number of piperazine rings is 1. The van der Waals surface area contributed by atoms with E-state index in [1.54, 1.807) is 6.20 Å². The number of pyridine rings is 1. The van der Waals surface area contributed by atoms with Crippen LogP contribution in [0.1, 0.15) is 61.0 Å². The fourth-order valence-corrected chi connectivity index (χ4v) is 5.31. The number of carbonyl (C=O) groups excluding carboxylic acids is 2. The first kappa shape index (κ1) is 24.5. The van der Waals surface area contributed by atoms with E-state index in [9.17, 15) is 9.59 Å². The predicted octanol–water partition coefficient (Wildman–Crippen LogP) is 3.66. The molecule has 0 atom stereocenters. The van der Waals surface area contributed by atoms with Crippen molar-refractivity contribution in [2.24, 2.45) is 0 Å². The molecule has 2 aliphatic heterocycles. The van der Waals surface area contributed by atoms with E-state index in [2.05, 4.69) is 23.8 Å². The van der Waals surface area contributed by atoms with Gasteiger partial charge in [-0.3, -0.25) is 14.5 Å². The van der Waals surface area contributed by atoms with E-state index in [1.807, 2.05) is 40.5 Å². The van der Waals surface area contributed by atoms with Crippen LogP contribution in [0.3, 0.4) is 0 Å². The number of carbonyl (C=O) groups is 2. The first-order valence-corrected chi connectivity index (χ1v) is 13.1. The Bertz CT molecular complexity index is 1260. The molecule has 2 fully saturated rings. The maximum atomic E-state index is 13.8. The minimum Gasteiger partial charge on any atom is -0.466 e. The lowest BCUT2D eigenvalue weighted by molar-refractivity contribution is -0.133. The van der Waals surface area contributed by atoms with Crippen LogP contribution in [-0.4, -0.2) is 87.1 Å². The maximum Gasteiger partial charge on any atom is 0.254 e. The highest BCUT2D eigenvalue weighted by Crippen LogP contribution is 2.30. The van der Waals surface area contributed by atoms with Gasteiger partial charge in [0.05, 0.1) is 29.4 Å². The standard InChI is InChI=1S/C27H36N6O3/c1-18(2)33-26-23(16-28-33)22(15-24(29-26)21-14-19(3)36-20(21)4)27(35)32-12-10-30(11-13-32)17-25(34)31-8-6-5-7-9-31/h14-16,18H,5-13,17H2,1-4H3. The Labute approximate surface area is 212 Å². The number of fused-ring (bicyclic) bond motifs is 1. The van der Waals surface area contributed by atoms with Gasteiger partial charge in [0, 0.05) is 50.9 Å². The molecule has 9 heteroatoms. The van der Waals surface area contributed by atoms with Crippen molar-refractivity contribution in [3.63, 3.8) is 0 Å². The van der Waals surface area contributed by atoms with Gasteiger partial charge < -0.3 is 14.2 Å². The molecule has 0 aromatic carbocycles. The molecule has 0 N–H and O–H groups in total. The maximum absolute atomic E-state index is 13.8. The molecule has 5 rings (SSSR count). The Balaban J connectivity index is 1.37. The summed E-state index contributed by atoms with van der Waals surface area (Å²) < 4.78 is 7.61. The lowest BCUT2D eigenvalue weighted by atomic mass is 10.1. The van der Waals surface area contributed by atoms with Gasteiger partial charge in [0.1, 0.15) is 11.5 Å². The summed E-state index contributed by atoms with van der Waals surface area (Å²) in [5, 5.41) is 5.31. The molecule has 9 nitrogen and oxygen atoms in total. The molecule has 2 amide bonds. The van der Waals surface area contributed by atoms with Gasteiger partial charge in [-0.1, -0.05) is 0 Å². The molecule has 0 aliphatic carbocycles. The van der Waals surface area contributed by atoms with E-state index >= 15 is 0 Å². The summed E-state index contributed by atoms with van der Waals surface area (Å²) in [6, 6.07) is 3.95. The second kappa shape index (κ2) is 10.0. The number of likely N-dealkylation sites (tertiary alicyclic amines) is 1. The van der Waals surface area contributed by atoms with Gasteiger partial charge in [0.25, 0.3) is 5.91 Å². The van der Waals surface area contributed by atoms with Crippen LogP contribution in [0, 0.1) is 13.8 Å². The minimum atomic E-state index is -0.0215. The minimum absolute atomic E-state index is 0.0215. The van der Waals surface area contributed by atoms with Crippen LogP contribution >= 0.6 is 0 Å². The monoisotopic (exact) mass is 492 g/mol. The number of nitrogens with zero attached hydrogens (tertiary/aromatic N) is 6. The van der Waals surface area contributed by atoms with Crippen molar-refractivity contribution in [1.82, 2.24) is 29.5 Å². The second-order valence-electron chi connectivity index (χ2n) is 10.3. The summed E-state index contributed by atoms with van der Waals surface area (Å²) in [6.07, 6.45) is 5.16. The summed E-state index contributed by atoms with van der Waals surface area (Å²) in [7, 11) is 0. The van der Waals surface area contributed by atoms with Gasteiger partial charge in [-0.2, -0.15) is 5.10 Å². The number of amides is 2. The topological polar surface area (TPSA) is 87.7 Å². The van der Waals surface area contributed by atoms with E-state index in [4.69, 9.17) is 9.40 Å². The molecule has 3 aromatic heterocycles. The largest absolute Gasteiger partial charge is 0.466 e. The van der Waals surface area contributed by atoms with Crippen LogP contribution in [0.2, 0.25) is 0 Å². The summed E-state index contributed by atoms with van der Waals surface area (Å²) in [5.74, 6) is 1.78. The Hall–Kier alpha value is -3.20. The molecule has 0 bridgehead atoms. The lowest BCUT2D eigenvalue weighted by Crippen LogP contribution is -2.52. The number of piperidine rings is 1. The molecular formula is C27H36N6O3. The number of aryl methyl sites for hydroxylation is 2. The third-order valence-corrected chi connectivity index (χ3v) is 7.33. The zero-order valence-electron chi connectivity index (χ0n) is 21.8. The smallest absolute Gasteiger partial charge is 0.254 e. The Morgan fingerprint density at radius 2 is 1.69 bits per heavy atom. The highest BCUT2D eigenvalue weighted by atomic mass is 16.3. The first-order valence-electron chi connectivity index (χ1n) is 13.1. The molecule has 0 radical (unpaired) electrons. The quantitative estimate of drug-likeness (QED) is 0.540. The average Bonchev–Trinajstić information content (AvgIpc) is 3.46. The number of hydrogen-bond acceptors (Lipinski definition) is 6. The van der Waals surface area contributed by atoms with Gasteiger partial charge >= 0.3 is 0 Å². The normalized spacial score (nSPS) is 17.4. The van der Waals surface area contributed by atoms with Gasteiger partial charge in [-0.25, -0.2) is 9.67 Å². The third kappa shape index (κ3) is 4.76. The first-order chi connectivity index (χ1) is 17.3.